The van der Waals surface area contributed by atoms with Gasteiger partial charge in [-0.25, -0.2) is 4.98 Å². The number of Topliss-reactive ketones (excluding diaryl/α,β-unsaturated/α-hetero) is 1. The average molecular weight is 397 g/mol. The largest absolute Gasteiger partial charge is 0.298 e. The maximum absolute atomic E-state index is 12.7. The van der Waals surface area contributed by atoms with Crippen LogP contribution in [0, 0.1) is 5.41 Å². The van der Waals surface area contributed by atoms with Crippen LogP contribution in [0.2, 0.25) is 0 Å². The van der Waals surface area contributed by atoms with Gasteiger partial charge in [-0.2, -0.15) is 0 Å². The molecule has 23 heavy (non-hydrogen) atoms. The van der Waals surface area contributed by atoms with Gasteiger partial charge in [-0.15, -0.1) is 0 Å². The van der Waals surface area contributed by atoms with Crippen LogP contribution in [0.15, 0.2) is 32.6 Å². The van der Waals surface area contributed by atoms with Gasteiger partial charge in [0.2, 0.25) is 0 Å². The van der Waals surface area contributed by atoms with E-state index in [2.05, 4.69) is 20.9 Å². The number of aromatic nitrogens is 2. The van der Waals surface area contributed by atoms with E-state index in [1.54, 1.807) is 10.6 Å². The fourth-order valence-corrected chi connectivity index (χ4v) is 3.60. The minimum absolute atomic E-state index is 0.0520. The number of thioether (sulfide) groups is 1. The fourth-order valence-electron chi connectivity index (χ4n) is 2.05. The molecule has 0 bridgehead atoms. The summed E-state index contributed by atoms with van der Waals surface area (Å²) >= 11 is 4.74. The molecule has 0 aliphatic carbocycles. The lowest BCUT2D eigenvalue weighted by atomic mass is 9.92. The van der Waals surface area contributed by atoms with E-state index in [0.29, 0.717) is 28.4 Å². The minimum Gasteiger partial charge on any atom is -0.298 e. The van der Waals surface area contributed by atoms with E-state index >= 15 is 0 Å². The Bertz CT molecular complexity index is 794. The highest BCUT2D eigenvalue weighted by molar-refractivity contribution is 9.10. The first kappa shape index (κ1) is 18.2. The first-order chi connectivity index (χ1) is 10.7. The molecule has 0 unspecified atom stereocenters. The SMILES string of the molecule is CCCn1c(SCC(=O)C(C)(C)C)nc2ccc(Br)cc2c1=O. The van der Waals surface area contributed by atoms with Crippen LogP contribution in [-0.4, -0.2) is 21.1 Å². The van der Waals surface area contributed by atoms with E-state index in [4.69, 9.17) is 0 Å². The molecule has 0 spiro atoms. The van der Waals surface area contributed by atoms with Gasteiger partial charge in [0.05, 0.1) is 16.7 Å². The van der Waals surface area contributed by atoms with Gasteiger partial charge in [0.1, 0.15) is 5.78 Å². The van der Waals surface area contributed by atoms with Gasteiger partial charge in [-0.3, -0.25) is 14.2 Å². The zero-order valence-electron chi connectivity index (χ0n) is 13.9. The quantitative estimate of drug-likeness (QED) is 0.558. The van der Waals surface area contributed by atoms with Crippen LogP contribution >= 0.6 is 27.7 Å². The van der Waals surface area contributed by atoms with Crippen LogP contribution in [0.4, 0.5) is 0 Å². The van der Waals surface area contributed by atoms with E-state index in [-0.39, 0.29) is 16.8 Å². The third-order valence-corrected chi connectivity index (χ3v) is 4.97. The third kappa shape index (κ3) is 4.23. The topological polar surface area (TPSA) is 52.0 Å². The zero-order valence-corrected chi connectivity index (χ0v) is 16.3. The number of fused-ring (bicyclic) bond motifs is 1. The summed E-state index contributed by atoms with van der Waals surface area (Å²) in [4.78, 5) is 29.5. The fraction of sp³-hybridized carbons (Fsp3) is 0.471. The molecule has 0 radical (unpaired) electrons. The van der Waals surface area contributed by atoms with E-state index < -0.39 is 0 Å². The van der Waals surface area contributed by atoms with Crippen molar-refractivity contribution in [3.05, 3.63) is 33.0 Å². The predicted molar refractivity (Wildman–Crippen MR) is 99.2 cm³/mol. The number of benzene rings is 1. The summed E-state index contributed by atoms with van der Waals surface area (Å²) in [5.74, 6) is 0.470. The highest BCUT2D eigenvalue weighted by Crippen LogP contribution is 2.24. The van der Waals surface area contributed by atoms with Crippen molar-refractivity contribution in [1.82, 2.24) is 9.55 Å². The Labute approximate surface area is 148 Å². The van der Waals surface area contributed by atoms with Gasteiger partial charge < -0.3 is 0 Å². The Hall–Kier alpha value is -1.14. The van der Waals surface area contributed by atoms with Gasteiger partial charge in [0, 0.05) is 16.4 Å². The molecular weight excluding hydrogens is 376 g/mol. The van der Waals surface area contributed by atoms with Crippen LogP contribution < -0.4 is 5.56 Å². The summed E-state index contributed by atoms with van der Waals surface area (Å²) in [5, 5.41) is 1.21. The van der Waals surface area contributed by atoms with Crippen LogP contribution in [0.1, 0.15) is 34.1 Å². The average Bonchev–Trinajstić information content (AvgIpc) is 2.48. The summed E-state index contributed by atoms with van der Waals surface area (Å²) in [6, 6.07) is 5.49. The lowest BCUT2D eigenvalue weighted by molar-refractivity contribution is -0.123. The van der Waals surface area contributed by atoms with Crippen molar-refractivity contribution in [1.29, 1.82) is 0 Å². The second-order valence-electron chi connectivity index (χ2n) is 6.47. The summed E-state index contributed by atoms with van der Waals surface area (Å²) in [6.45, 7) is 8.33. The number of nitrogens with zero attached hydrogens (tertiary/aromatic N) is 2. The minimum atomic E-state index is -0.384. The van der Waals surface area contributed by atoms with E-state index in [0.717, 1.165) is 10.9 Å². The second-order valence-corrected chi connectivity index (χ2v) is 8.33. The molecule has 0 atom stereocenters. The Kier molecular flexibility index (Phi) is 5.68. The molecule has 1 aromatic heterocycles. The molecule has 0 fully saturated rings. The predicted octanol–water partition coefficient (Wildman–Crippen LogP) is 4.28. The Morgan fingerprint density at radius 3 is 2.65 bits per heavy atom. The molecule has 2 aromatic rings. The number of rotatable bonds is 5. The summed E-state index contributed by atoms with van der Waals surface area (Å²) in [6.07, 6.45) is 0.835. The van der Waals surface area contributed by atoms with Crippen molar-refractivity contribution in [3.63, 3.8) is 0 Å². The Morgan fingerprint density at radius 2 is 2.04 bits per heavy atom. The summed E-state index contributed by atoms with van der Waals surface area (Å²) in [5.41, 5.74) is 0.227. The molecule has 0 amide bonds. The van der Waals surface area contributed by atoms with Crippen LogP contribution in [0.25, 0.3) is 10.9 Å². The van der Waals surface area contributed by atoms with E-state index in [1.807, 2.05) is 39.8 Å². The molecular formula is C17H21BrN2O2S. The number of carbonyl (C=O) groups is 1. The zero-order chi connectivity index (χ0) is 17.2. The number of hydrogen-bond donors (Lipinski definition) is 0. The molecule has 4 nitrogen and oxygen atoms in total. The first-order valence-corrected chi connectivity index (χ1v) is 9.38. The van der Waals surface area contributed by atoms with E-state index in [9.17, 15) is 9.59 Å². The van der Waals surface area contributed by atoms with Crippen molar-refractivity contribution in [2.45, 2.75) is 45.8 Å². The van der Waals surface area contributed by atoms with Gasteiger partial charge >= 0.3 is 0 Å². The maximum atomic E-state index is 12.7. The van der Waals surface area contributed by atoms with Gasteiger partial charge in [0.15, 0.2) is 5.16 Å². The number of ketones is 1. The molecule has 124 valence electrons. The van der Waals surface area contributed by atoms with Crippen molar-refractivity contribution in [3.8, 4) is 0 Å². The third-order valence-electron chi connectivity index (χ3n) is 3.50. The highest BCUT2D eigenvalue weighted by Gasteiger charge is 2.22. The highest BCUT2D eigenvalue weighted by atomic mass is 79.9. The molecule has 0 aliphatic heterocycles. The van der Waals surface area contributed by atoms with Gasteiger partial charge in [-0.05, 0) is 24.6 Å². The number of halogens is 1. The van der Waals surface area contributed by atoms with Crippen molar-refractivity contribution >= 4 is 44.4 Å². The van der Waals surface area contributed by atoms with Crippen LogP contribution in [-0.2, 0) is 11.3 Å². The standard InChI is InChI=1S/C17H21BrN2O2S/c1-5-8-20-15(22)12-9-11(18)6-7-13(12)19-16(20)23-10-14(21)17(2,3)4/h6-7,9H,5,8,10H2,1-4H3. The van der Waals surface area contributed by atoms with Crippen molar-refractivity contribution in [2.75, 3.05) is 5.75 Å². The molecule has 2 rings (SSSR count). The summed E-state index contributed by atoms with van der Waals surface area (Å²) < 4.78 is 2.53. The van der Waals surface area contributed by atoms with Gasteiger partial charge in [0.25, 0.3) is 5.56 Å². The molecule has 6 heteroatoms. The van der Waals surface area contributed by atoms with Crippen molar-refractivity contribution < 1.29 is 4.79 Å². The molecule has 1 aromatic carbocycles. The number of hydrogen-bond acceptors (Lipinski definition) is 4. The maximum Gasteiger partial charge on any atom is 0.262 e. The first-order valence-electron chi connectivity index (χ1n) is 7.60. The second kappa shape index (κ2) is 7.18. The molecule has 0 saturated heterocycles. The molecule has 0 N–H and O–H groups in total. The monoisotopic (exact) mass is 396 g/mol. The normalized spacial score (nSPS) is 11.9. The van der Waals surface area contributed by atoms with E-state index in [1.165, 1.54) is 11.8 Å². The molecule has 1 heterocycles. The van der Waals surface area contributed by atoms with Gasteiger partial charge in [-0.1, -0.05) is 55.4 Å². The molecule has 0 aliphatic rings. The smallest absolute Gasteiger partial charge is 0.262 e. The van der Waals surface area contributed by atoms with Crippen molar-refractivity contribution in [2.24, 2.45) is 5.41 Å². The lowest BCUT2D eigenvalue weighted by Crippen LogP contribution is -2.25. The lowest BCUT2D eigenvalue weighted by Gasteiger charge is -2.17. The Balaban J connectivity index is 2.45. The molecule has 0 saturated carbocycles. The van der Waals surface area contributed by atoms with Crippen LogP contribution in [0.3, 0.4) is 0 Å². The van der Waals surface area contributed by atoms with Crippen LogP contribution in [0.5, 0.6) is 0 Å². The summed E-state index contributed by atoms with van der Waals surface area (Å²) in [7, 11) is 0. The number of carbonyl (C=O) groups excluding carboxylic acids is 1. The Morgan fingerprint density at radius 1 is 1.35 bits per heavy atom.